The molecule has 146 valence electrons. The van der Waals surface area contributed by atoms with Crippen molar-refractivity contribution in [1.29, 1.82) is 0 Å². The lowest BCUT2D eigenvalue weighted by Gasteiger charge is -2.22. The average Bonchev–Trinajstić information content (AvgIpc) is 3.19. The normalized spacial score (nSPS) is 16.4. The maximum Gasteiger partial charge on any atom is 0.248 e. The van der Waals surface area contributed by atoms with E-state index in [2.05, 4.69) is 5.32 Å². The molecule has 1 aliphatic heterocycles. The van der Waals surface area contributed by atoms with Gasteiger partial charge >= 0.3 is 0 Å². The topological polar surface area (TPSA) is 58.6 Å². The van der Waals surface area contributed by atoms with Crippen LogP contribution in [-0.4, -0.2) is 41.5 Å². The SMILES string of the molecule is COc1cccc(/C=C/C(=O)N2CSCC2C(=O)Nc2ccc(C)c(C)c2)c1. The minimum atomic E-state index is -0.478. The second-order valence-electron chi connectivity index (χ2n) is 6.72. The number of amides is 2. The van der Waals surface area contributed by atoms with Crippen molar-refractivity contribution in [1.82, 2.24) is 4.90 Å². The van der Waals surface area contributed by atoms with E-state index < -0.39 is 6.04 Å². The van der Waals surface area contributed by atoms with Gasteiger partial charge in [-0.25, -0.2) is 0 Å². The largest absolute Gasteiger partial charge is 0.497 e. The molecule has 0 bridgehead atoms. The lowest BCUT2D eigenvalue weighted by Crippen LogP contribution is -2.43. The van der Waals surface area contributed by atoms with Crippen molar-refractivity contribution < 1.29 is 14.3 Å². The van der Waals surface area contributed by atoms with Crippen molar-refractivity contribution in [2.45, 2.75) is 19.9 Å². The van der Waals surface area contributed by atoms with Crippen molar-refractivity contribution in [3.63, 3.8) is 0 Å². The fourth-order valence-corrected chi connectivity index (χ4v) is 4.09. The van der Waals surface area contributed by atoms with E-state index in [0.717, 1.165) is 22.6 Å². The molecule has 1 aliphatic rings. The molecule has 1 saturated heterocycles. The number of anilines is 1. The number of rotatable bonds is 5. The molecule has 1 fully saturated rings. The summed E-state index contributed by atoms with van der Waals surface area (Å²) >= 11 is 1.58. The Hall–Kier alpha value is -2.73. The van der Waals surface area contributed by atoms with Gasteiger partial charge in [0.1, 0.15) is 11.8 Å². The van der Waals surface area contributed by atoms with Crippen molar-refractivity contribution in [3.8, 4) is 5.75 Å². The zero-order valence-corrected chi connectivity index (χ0v) is 17.1. The molecule has 2 amide bonds. The zero-order chi connectivity index (χ0) is 20.1. The minimum Gasteiger partial charge on any atom is -0.497 e. The summed E-state index contributed by atoms with van der Waals surface area (Å²) in [4.78, 5) is 27.0. The van der Waals surface area contributed by atoms with E-state index >= 15 is 0 Å². The third-order valence-electron chi connectivity index (χ3n) is 4.75. The van der Waals surface area contributed by atoms with Crippen LogP contribution >= 0.6 is 11.8 Å². The van der Waals surface area contributed by atoms with E-state index in [1.54, 1.807) is 29.8 Å². The van der Waals surface area contributed by atoms with Crippen LogP contribution in [0, 0.1) is 13.8 Å². The van der Waals surface area contributed by atoms with Gasteiger partial charge in [0, 0.05) is 17.5 Å². The molecular formula is C22H24N2O3S. The van der Waals surface area contributed by atoms with Crippen molar-refractivity contribution in [3.05, 3.63) is 65.2 Å². The van der Waals surface area contributed by atoms with E-state index in [1.807, 2.05) is 56.3 Å². The minimum absolute atomic E-state index is 0.156. The summed E-state index contributed by atoms with van der Waals surface area (Å²) in [5.74, 6) is 1.50. The number of nitrogens with zero attached hydrogens (tertiary/aromatic N) is 1. The predicted molar refractivity (Wildman–Crippen MR) is 115 cm³/mol. The molecule has 6 heteroatoms. The standard InChI is InChI=1S/C22H24N2O3S/c1-15-7-9-18(11-16(15)2)23-22(26)20-13-28-14-24(20)21(25)10-8-17-5-4-6-19(12-17)27-3/h4-12,20H,13-14H2,1-3H3,(H,23,26)/b10-8+. The Morgan fingerprint density at radius 2 is 2.00 bits per heavy atom. The average molecular weight is 397 g/mol. The van der Waals surface area contributed by atoms with Crippen LogP contribution in [0.5, 0.6) is 5.75 Å². The van der Waals surface area contributed by atoms with E-state index in [0.29, 0.717) is 11.6 Å². The summed E-state index contributed by atoms with van der Waals surface area (Å²) < 4.78 is 5.20. The number of thioether (sulfide) groups is 1. The van der Waals surface area contributed by atoms with Gasteiger partial charge in [0.15, 0.2) is 0 Å². The number of hydrogen-bond acceptors (Lipinski definition) is 4. The molecule has 0 saturated carbocycles. The van der Waals surface area contributed by atoms with Crippen LogP contribution in [0.25, 0.3) is 6.08 Å². The van der Waals surface area contributed by atoms with Gasteiger partial charge in [0.05, 0.1) is 13.0 Å². The molecule has 1 heterocycles. The van der Waals surface area contributed by atoms with E-state index in [-0.39, 0.29) is 11.8 Å². The van der Waals surface area contributed by atoms with Gasteiger partial charge in [-0.15, -0.1) is 11.8 Å². The maximum absolute atomic E-state index is 12.7. The predicted octanol–water partition coefficient (Wildman–Crippen LogP) is 3.87. The number of hydrogen-bond donors (Lipinski definition) is 1. The summed E-state index contributed by atoms with van der Waals surface area (Å²) in [6.07, 6.45) is 3.25. The first-order valence-electron chi connectivity index (χ1n) is 9.06. The van der Waals surface area contributed by atoms with E-state index in [9.17, 15) is 9.59 Å². The summed E-state index contributed by atoms with van der Waals surface area (Å²) in [6.45, 7) is 4.04. The Labute approximate surface area is 169 Å². The van der Waals surface area contributed by atoms with E-state index in [1.165, 1.54) is 11.6 Å². The summed E-state index contributed by atoms with van der Waals surface area (Å²) in [5, 5.41) is 2.94. The van der Waals surface area contributed by atoms with Gasteiger partial charge < -0.3 is 15.0 Å². The first kappa shape index (κ1) is 20.0. The van der Waals surface area contributed by atoms with Crippen LogP contribution < -0.4 is 10.1 Å². The smallest absolute Gasteiger partial charge is 0.248 e. The summed E-state index contributed by atoms with van der Waals surface area (Å²) in [6, 6.07) is 12.8. The van der Waals surface area contributed by atoms with Crippen LogP contribution in [0.3, 0.4) is 0 Å². The fraction of sp³-hybridized carbons (Fsp3) is 0.273. The molecule has 1 N–H and O–H groups in total. The lowest BCUT2D eigenvalue weighted by atomic mass is 10.1. The molecule has 0 radical (unpaired) electrons. The highest BCUT2D eigenvalue weighted by Crippen LogP contribution is 2.24. The first-order valence-corrected chi connectivity index (χ1v) is 10.2. The van der Waals surface area contributed by atoms with E-state index in [4.69, 9.17) is 4.74 Å². The van der Waals surface area contributed by atoms with Gasteiger partial charge in [-0.05, 0) is 60.9 Å². The molecule has 0 spiro atoms. The molecule has 2 aromatic rings. The van der Waals surface area contributed by atoms with Crippen LogP contribution in [0.4, 0.5) is 5.69 Å². The molecule has 3 rings (SSSR count). The van der Waals surface area contributed by atoms with Crippen molar-refractivity contribution in [2.24, 2.45) is 0 Å². The molecule has 28 heavy (non-hydrogen) atoms. The Balaban J connectivity index is 1.67. The number of ether oxygens (including phenoxy) is 1. The van der Waals surface area contributed by atoms with Crippen LogP contribution in [0.15, 0.2) is 48.5 Å². The molecule has 0 aromatic heterocycles. The third kappa shape index (κ3) is 4.75. The number of carbonyl (C=O) groups is 2. The monoisotopic (exact) mass is 396 g/mol. The van der Waals surface area contributed by atoms with Crippen LogP contribution in [0.1, 0.15) is 16.7 Å². The number of carbonyl (C=O) groups excluding carboxylic acids is 2. The third-order valence-corrected chi connectivity index (χ3v) is 5.77. The van der Waals surface area contributed by atoms with Gasteiger partial charge in [-0.3, -0.25) is 9.59 Å². The second kappa shape index (κ2) is 8.97. The molecule has 1 atom stereocenters. The highest BCUT2D eigenvalue weighted by atomic mass is 32.2. The Kier molecular flexibility index (Phi) is 6.41. The Morgan fingerprint density at radius 3 is 2.75 bits per heavy atom. The molecule has 5 nitrogen and oxygen atoms in total. The Bertz CT molecular complexity index is 910. The fourth-order valence-electron chi connectivity index (χ4n) is 2.93. The van der Waals surface area contributed by atoms with Crippen LogP contribution in [-0.2, 0) is 9.59 Å². The summed E-state index contributed by atoms with van der Waals surface area (Å²) in [7, 11) is 1.61. The maximum atomic E-state index is 12.7. The lowest BCUT2D eigenvalue weighted by molar-refractivity contribution is -0.132. The van der Waals surface area contributed by atoms with Crippen LogP contribution in [0.2, 0.25) is 0 Å². The molecule has 1 unspecified atom stereocenters. The molecule has 0 aliphatic carbocycles. The first-order chi connectivity index (χ1) is 13.5. The molecular weight excluding hydrogens is 372 g/mol. The van der Waals surface area contributed by atoms with Crippen molar-refractivity contribution in [2.75, 3.05) is 24.1 Å². The highest BCUT2D eigenvalue weighted by Gasteiger charge is 2.33. The quantitative estimate of drug-likeness (QED) is 0.780. The zero-order valence-electron chi connectivity index (χ0n) is 16.3. The second-order valence-corrected chi connectivity index (χ2v) is 7.72. The molecule has 2 aromatic carbocycles. The van der Waals surface area contributed by atoms with Crippen molar-refractivity contribution >= 4 is 35.3 Å². The van der Waals surface area contributed by atoms with Gasteiger partial charge in [-0.2, -0.15) is 0 Å². The van der Waals surface area contributed by atoms with Gasteiger partial charge in [-0.1, -0.05) is 18.2 Å². The number of methoxy groups -OCH3 is 1. The summed E-state index contributed by atoms with van der Waals surface area (Å²) in [5.41, 5.74) is 3.92. The Morgan fingerprint density at radius 1 is 1.18 bits per heavy atom. The van der Waals surface area contributed by atoms with Gasteiger partial charge in [0.25, 0.3) is 0 Å². The number of nitrogens with one attached hydrogen (secondary N) is 1. The highest BCUT2D eigenvalue weighted by molar-refractivity contribution is 7.99. The van der Waals surface area contributed by atoms with Gasteiger partial charge in [0.2, 0.25) is 11.8 Å². The number of benzene rings is 2. The number of aryl methyl sites for hydroxylation is 2.